The minimum atomic E-state index is -2.73. The van der Waals surface area contributed by atoms with Gasteiger partial charge in [0.15, 0.2) is 0 Å². The second-order valence-electron chi connectivity index (χ2n) is 9.63. The molecule has 38 heavy (non-hydrogen) atoms. The molecule has 0 aliphatic heterocycles. The molecule has 0 saturated heterocycles. The van der Waals surface area contributed by atoms with E-state index in [2.05, 4.69) is 25.6 Å². The molecule has 2 atom stereocenters. The highest BCUT2D eigenvalue weighted by atomic mass is 35.5. The average Bonchev–Trinajstić information content (AvgIpc) is 3.59. The molecule has 3 N–H and O–H groups in total. The smallest absolute Gasteiger partial charge is 0.407 e. The molecule has 1 amide bonds. The number of aromatic nitrogens is 5. The first-order valence-corrected chi connectivity index (χ1v) is 13.1. The predicted octanol–water partition coefficient (Wildman–Crippen LogP) is 4.33. The molecule has 1 saturated carbocycles. The minimum absolute atomic E-state index is 0.154. The lowest BCUT2D eigenvalue weighted by atomic mass is 9.98. The Morgan fingerprint density at radius 3 is 2.74 bits per heavy atom. The first-order valence-electron chi connectivity index (χ1n) is 13.4. The number of alkyl carbamates (subject to hydrolysis) is 1. The number of carbonyl (C=O) groups excluding carboxylic acids is 1. The van der Waals surface area contributed by atoms with Crippen molar-refractivity contribution in [2.75, 3.05) is 12.4 Å². The number of halogens is 1. The zero-order valence-electron chi connectivity index (χ0n) is 23.9. The van der Waals surface area contributed by atoms with Gasteiger partial charge in [0.1, 0.15) is 26.7 Å². The molecule has 0 unspecified atom stereocenters. The van der Waals surface area contributed by atoms with Gasteiger partial charge < -0.3 is 20.5 Å². The fourth-order valence-electron chi connectivity index (χ4n) is 4.65. The van der Waals surface area contributed by atoms with Crippen LogP contribution in [0.3, 0.4) is 0 Å². The number of rotatable bonds is 6. The van der Waals surface area contributed by atoms with E-state index in [1.807, 2.05) is 0 Å². The Morgan fingerprint density at radius 2 is 2.05 bits per heavy atom. The number of nitrogens with one attached hydrogen (secondary N) is 2. The van der Waals surface area contributed by atoms with E-state index in [4.69, 9.17) is 20.5 Å². The highest BCUT2D eigenvalue weighted by molar-refractivity contribution is 7.18. The van der Waals surface area contributed by atoms with Crippen molar-refractivity contribution < 1.29 is 18.8 Å². The number of imidazole rings is 1. The number of hydrogen-bond acceptors (Lipinski definition) is 9. The number of ether oxygens (including phenoxy) is 1. The van der Waals surface area contributed by atoms with E-state index in [0.29, 0.717) is 57.0 Å². The molecule has 1 aliphatic carbocycles. The minimum Gasteiger partial charge on any atom is -0.453 e. The summed E-state index contributed by atoms with van der Waals surface area (Å²) in [5.74, 6) is 0.657. The molecular weight excluding hydrogens is 530 g/mol. The van der Waals surface area contributed by atoms with E-state index in [-0.39, 0.29) is 17.6 Å². The maximum absolute atomic E-state index is 13.5. The normalized spacial score (nSPS) is 19.1. The Hall–Kier alpha value is -3.48. The second-order valence-corrected chi connectivity index (χ2v) is 11.3. The van der Waals surface area contributed by atoms with Gasteiger partial charge in [-0.15, -0.1) is 11.3 Å². The lowest BCUT2D eigenvalue weighted by Crippen LogP contribution is -2.33. The van der Waals surface area contributed by atoms with Crippen molar-refractivity contribution in [2.45, 2.75) is 50.8 Å². The summed E-state index contributed by atoms with van der Waals surface area (Å²) in [5, 5.41) is 17.2. The first kappa shape index (κ1) is 22.5. The standard InChI is InChI=1S/C25H28ClN7O4S/c1-25(2,36)13-7-16(22-28-12-19(26)38-22)30-21(8-13)31-20-10-17-18(11-27-20)32(3)24(35)33(17)15-6-5-14(9-15)29-23(34)37-4/h7-8,10-12,14-15,36H,5-6,9H2,1-4H3,(H,29,34)(H,27,30,31)/t14-,15-/m1/s1/i3D3. The number of fused-ring (bicyclic) bond motifs is 1. The summed E-state index contributed by atoms with van der Waals surface area (Å²) in [6, 6.07) is 4.41. The van der Waals surface area contributed by atoms with E-state index < -0.39 is 24.4 Å². The van der Waals surface area contributed by atoms with Crippen LogP contribution in [0, 0.1) is 0 Å². The summed E-state index contributed by atoms with van der Waals surface area (Å²) in [4.78, 5) is 38.5. The van der Waals surface area contributed by atoms with Crippen LogP contribution in [0.1, 0.15) is 48.8 Å². The fraction of sp³-hybridized carbons (Fsp3) is 0.400. The van der Waals surface area contributed by atoms with Crippen molar-refractivity contribution in [3.63, 3.8) is 0 Å². The Balaban J connectivity index is 1.57. The molecular formula is C25H28ClN7O4S. The highest BCUT2D eigenvalue weighted by Gasteiger charge is 2.30. The van der Waals surface area contributed by atoms with Gasteiger partial charge in [-0.1, -0.05) is 11.6 Å². The van der Waals surface area contributed by atoms with Crippen LogP contribution in [-0.4, -0.2) is 48.4 Å². The SMILES string of the molecule is [2H]C([2H])([2H])n1c(=O)n([C@@H]2CC[C@@H](NC(=O)OC)C2)c2cc(Nc3cc(C(C)(C)O)cc(-c4ncc(Cl)s4)n3)ncc21. The number of aryl methyl sites for hydroxylation is 1. The second kappa shape index (κ2) is 10.0. The number of carbonyl (C=O) groups is 1. The molecule has 1 aliphatic rings. The highest BCUT2D eigenvalue weighted by Crippen LogP contribution is 2.34. The van der Waals surface area contributed by atoms with Gasteiger partial charge in [0.05, 0.1) is 36.1 Å². The Labute approximate surface area is 231 Å². The van der Waals surface area contributed by atoms with Gasteiger partial charge in [0.2, 0.25) is 0 Å². The molecule has 0 spiro atoms. The van der Waals surface area contributed by atoms with E-state index in [0.717, 1.165) is 4.57 Å². The Morgan fingerprint density at radius 1 is 1.24 bits per heavy atom. The number of hydrogen-bond donors (Lipinski definition) is 3. The summed E-state index contributed by atoms with van der Waals surface area (Å²) in [5.41, 5.74) is -0.295. The van der Waals surface area contributed by atoms with Crippen LogP contribution in [-0.2, 0) is 17.3 Å². The van der Waals surface area contributed by atoms with Crippen molar-refractivity contribution in [3.05, 3.63) is 51.0 Å². The summed E-state index contributed by atoms with van der Waals surface area (Å²) >= 11 is 7.32. The quantitative estimate of drug-likeness (QED) is 0.317. The third kappa shape index (κ3) is 5.11. The molecule has 0 bridgehead atoms. The zero-order chi connectivity index (χ0) is 29.7. The maximum Gasteiger partial charge on any atom is 0.407 e. The van der Waals surface area contributed by atoms with Gasteiger partial charge in [-0.05, 0) is 50.8 Å². The molecule has 0 radical (unpaired) electrons. The lowest BCUT2D eigenvalue weighted by molar-refractivity contribution is 0.0786. The molecule has 0 aromatic carbocycles. The summed E-state index contributed by atoms with van der Waals surface area (Å²) in [6.07, 6.45) is 3.86. The molecule has 4 aromatic rings. The van der Waals surface area contributed by atoms with Gasteiger partial charge >= 0.3 is 11.8 Å². The third-order valence-corrected chi connectivity index (χ3v) is 7.66. The van der Waals surface area contributed by atoms with Gasteiger partial charge in [-0.25, -0.2) is 24.5 Å². The number of methoxy groups -OCH3 is 1. The number of anilines is 2. The van der Waals surface area contributed by atoms with Crippen LogP contribution in [0.5, 0.6) is 0 Å². The first-order chi connectivity index (χ1) is 19.2. The molecule has 200 valence electrons. The number of nitrogens with zero attached hydrogens (tertiary/aromatic N) is 5. The fourth-order valence-corrected chi connectivity index (χ4v) is 5.52. The van der Waals surface area contributed by atoms with E-state index in [1.165, 1.54) is 35.4 Å². The van der Waals surface area contributed by atoms with Gasteiger partial charge in [-0.3, -0.25) is 9.13 Å². The van der Waals surface area contributed by atoms with Crippen LogP contribution < -0.4 is 16.3 Å². The zero-order valence-corrected chi connectivity index (χ0v) is 22.4. The third-order valence-electron chi connectivity index (χ3n) is 6.52. The van der Waals surface area contributed by atoms with Crippen molar-refractivity contribution in [1.29, 1.82) is 0 Å². The molecule has 4 aromatic heterocycles. The summed E-state index contributed by atoms with van der Waals surface area (Å²) < 4.78 is 31.3. The van der Waals surface area contributed by atoms with Crippen molar-refractivity contribution >= 4 is 51.7 Å². The van der Waals surface area contributed by atoms with Crippen molar-refractivity contribution in [3.8, 4) is 10.7 Å². The number of amides is 1. The molecule has 5 rings (SSSR count). The Bertz CT molecular complexity index is 1680. The molecule has 4 heterocycles. The predicted molar refractivity (Wildman–Crippen MR) is 146 cm³/mol. The topological polar surface area (TPSA) is 136 Å². The lowest BCUT2D eigenvalue weighted by Gasteiger charge is -2.19. The maximum atomic E-state index is 13.5. The molecule has 1 fully saturated rings. The summed E-state index contributed by atoms with van der Waals surface area (Å²) in [7, 11) is 1.28. The Kier molecular flexibility index (Phi) is 5.92. The monoisotopic (exact) mass is 560 g/mol. The van der Waals surface area contributed by atoms with Crippen LogP contribution in [0.4, 0.5) is 16.4 Å². The number of pyridine rings is 2. The van der Waals surface area contributed by atoms with Crippen molar-refractivity contribution in [1.82, 2.24) is 29.4 Å². The molecule has 11 nitrogen and oxygen atoms in total. The van der Waals surface area contributed by atoms with Gasteiger partial charge in [0.25, 0.3) is 0 Å². The summed E-state index contributed by atoms with van der Waals surface area (Å²) in [6.45, 7) is 0.566. The van der Waals surface area contributed by atoms with E-state index >= 15 is 0 Å². The van der Waals surface area contributed by atoms with Crippen LogP contribution in [0.15, 0.2) is 35.4 Å². The average molecular weight is 561 g/mol. The van der Waals surface area contributed by atoms with E-state index in [9.17, 15) is 14.7 Å². The number of aliphatic hydroxyl groups is 1. The van der Waals surface area contributed by atoms with Crippen LogP contribution in [0.2, 0.25) is 4.34 Å². The van der Waals surface area contributed by atoms with E-state index in [1.54, 1.807) is 32.0 Å². The molecule has 13 heteroatoms. The van der Waals surface area contributed by atoms with Crippen LogP contribution >= 0.6 is 22.9 Å². The van der Waals surface area contributed by atoms with Gasteiger partial charge in [-0.2, -0.15) is 0 Å². The number of thiazole rings is 1. The largest absolute Gasteiger partial charge is 0.453 e. The van der Waals surface area contributed by atoms with Crippen LogP contribution in [0.25, 0.3) is 21.7 Å². The van der Waals surface area contributed by atoms with Crippen molar-refractivity contribution in [2.24, 2.45) is 6.98 Å². The van der Waals surface area contributed by atoms with Gasteiger partial charge in [0, 0.05) is 29.2 Å².